The molecule has 0 saturated heterocycles. The average Bonchev–Trinajstić information content (AvgIpc) is 2.38. The van der Waals surface area contributed by atoms with Crippen LogP contribution >= 0.6 is 0 Å². The second-order valence-electron chi connectivity index (χ2n) is 6.16. The van der Waals surface area contributed by atoms with E-state index in [0.717, 1.165) is 18.3 Å². The van der Waals surface area contributed by atoms with Gasteiger partial charge in [0.25, 0.3) is 0 Å². The number of hydrogen-bond donors (Lipinski definition) is 1. The number of nitrogens with one attached hydrogen (secondary N) is 1. The Labute approximate surface area is 117 Å². The van der Waals surface area contributed by atoms with Crippen molar-refractivity contribution in [1.82, 2.24) is 5.32 Å². The van der Waals surface area contributed by atoms with E-state index in [1.54, 1.807) is 0 Å². The van der Waals surface area contributed by atoms with Crippen molar-refractivity contribution >= 4 is 0 Å². The van der Waals surface area contributed by atoms with Crippen LogP contribution in [0.3, 0.4) is 0 Å². The van der Waals surface area contributed by atoms with Crippen molar-refractivity contribution in [3.05, 3.63) is 29.8 Å². The molecule has 1 aliphatic rings. The lowest BCUT2D eigenvalue weighted by molar-refractivity contribution is 0.229. The third-order valence-electron chi connectivity index (χ3n) is 3.98. The van der Waals surface area contributed by atoms with Crippen molar-refractivity contribution in [2.24, 2.45) is 5.92 Å². The zero-order valence-electron chi connectivity index (χ0n) is 12.5. The molecule has 1 saturated carbocycles. The van der Waals surface area contributed by atoms with Gasteiger partial charge < -0.3 is 10.1 Å². The molecule has 3 unspecified atom stereocenters. The summed E-state index contributed by atoms with van der Waals surface area (Å²) in [6.45, 7) is 7.42. The van der Waals surface area contributed by atoms with Crippen LogP contribution in [0.25, 0.3) is 0 Å². The molecule has 1 N–H and O–H groups in total. The molecule has 1 aromatic carbocycles. The van der Waals surface area contributed by atoms with Crippen molar-refractivity contribution in [3.63, 3.8) is 0 Å². The second kappa shape index (κ2) is 6.95. The summed E-state index contributed by atoms with van der Waals surface area (Å²) in [4.78, 5) is 0. The third kappa shape index (κ3) is 4.87. The summed E-state index contributed by atoms with van der Waals surface area (Å²) in [7, 11) is 0. The third-order valence-corrected chi connectivity index (χ3v) is 3.98. The van der Waals surface area contributed by atoms with Crippen molar-refractivity contribution in [3.8, 4) is 5.75 Å². The Hall–Kier alpha value is -1.02. The van der Waals surface area contributed by atoms with Crippen LogP contribution in [0.1, 0.15) is 45.1 Å². The van der Waals surface area contributed by atoms with Gasteiger partial charge in [-0.3, -0.25) is 0 Å². The molecule has 0 radical (unpaired) electrons. The average molecular weight is 261 g/mol. The van der Waals surface area contributed by atoms with Crippen LogP contribution in [0.2, 0.25) is 0 Å². The molecule has 2 rings (SSSR count). The Morgan fingerprint density at radius 2 is 2.00 bits per heavy atom. The standard InChI is InChI=1S/C17H27NO/c1-13-7-9-17(10-8-13)19-12-15(3)18-16-6-4-5-14(2)11-16/h7-10,14-16,18H,4-6,11-12H2,1-3H3. The summed E-state index contributed by atoms with van der Waals surface area (Å²) in [6.07, 6.45) is 5.39. The molecule has 1 aliphatic carbocycles. The van der Waals surface area contributed by atoms with Gasteiger partial charge in [0, 0.05) is 12.1 Å². The van der Waals surface area contributed by atoms with E-state index < -0.39 is 0 Å². The van der Waals surface area contributed by atoms with Crippen LogP contribution in [0.5, 0.6) is 5.75 Å². The van der Waals surface area contributed by atoms with Crippen LogP contribution in [0.15, 0.2) is 24.3 Å². The van der Waals surface area contributed by atoms with E-state index in [4.69, 9.17) is 4.74 Å². The van der Waals surface area contributed by atoms with Crippen LogP contribution in [-0.4, -0.2) is 18.7 Å². The minimum absolute atomic E-state index is 0.414. The number of aryl methyl sites for hydroxylation is 1. The lowest BCUT2D eigenvalue weighted by Gasteiger charge is -2.30. The summed E-state index contributed by atoms with van der Waals surface area (Å²) in [5.74, 6) is 1.84. The number of hydrogen-bond acceptors (Lipinski definition) is 2. The molecule has 2 heteroatoms. The Morgan fingerprint density at radius 3 is 2.68 bits per heavy atom. The molecule has 0 heterocycles. The summed E-state index contributed by atoms with van der Waals surface area (Å²) >= 11 is 0. The largest absolute Gasteiger partial charge is 0.492 e. The zero-order valence-corrected chi connectivity index (χ0v) is 12.5. The summed E-state index contributed by atoms with van der Waals surface area (Å²) < 4.78 is 5.83. The van der Waals surface area contributed by atoms with Crippen LogP contribution in [-0.2, 0) is 0 Å². The van der Waals surface area contributed by atoms with Crippen molar-refractivity contribution in [1.29, 1.82) is 0 Å². The fourth-order valence-electron chi connectivity index (χ4n) is 2.89. The SMILES string of the molecule is Cc1ccc(OCC(C)NC2CCCC(C)C2)cc1. The van der Waals surface area contributed by atoms with E-state index in [2.05, 4.69) is 38.2 Å². The van der Waals surface area contributed by atoms with Gasteiger partial charge in [0.15, 0.2) is 0 Å². The van der Waals surface area contributed by atoms with Crippen LogP contribution < -0.4 is 10.1 Å². The molecule has 0 aliphatic heterocycles. The minimum atomic E-state index is 0.414. The lowest BCUT2D eigenvalue weighted by atomic mass is 9.87. The van der Waals surface area contributed by atoms with E-state index in [0.29, 0.717) is 12.1 Å². The Balaban J connectivity index is 1.72. The first-order valence-electron chi connectivity index (χ1n) is 7.59. The van der Waals surface area contributed by atoms with E-state index in [1.807, 2.05) is 12.1 Å². The van der Waals surface area contributed by atoms with Gasteiger partial charge in [-0.15, -0.1) is 0 Å². The molecule has 0 bridgehead atoms. The highest BCUT2D eigenvalue weighted by atomic mass is 16.5. The fourth-order valence-corrected chi connectivity index (χ4v) is 2.89. The van der Waals surface area contributed by atoms with Gasteiger partial charge >= 0.3 is 0 Å². The van der Waals surface area contributed by atoms with Gasteiger partial charge in [-0.2, -0.15) is 0 Å². The van der Waals surface area contributed by atoms with Gasteiger partial charge in [-0.1, -0.05) is 37.5 Å². The van der Waals surface area contributed by atoms with Crippen LogP contribution in [0, 0.1) is 12.8 Å². The minimum Gasteiger partial charge on any atom is -0.492 e. The van der Waals surface area contributed by atoms with Crippen molar-refractivity contribution < 1.29 is 4.74 Å². The van der Waals surface area contributed by atoms with E-state index in [1.165, 1.54) is 31.2 Å². The Morgan fingerprint density at radius 1 is 1.26 bits per heavy atom. The molecule has 0 aromatic heterocycles. The monoisotopic (exact) mass is 261 g/mol. The topological polar surface area (TPSA) is 21.3 Å². The van der Waals surface area contributed by atoms with Crippen molar-refractivity contribution in [2.75, 3.05) is 6.61 Å². The van der Waals surface area contributed by atoms with Gasteiger partial charge in [0.1, 0.15) is 12.4 Å². The smallest absolute Gasteiger partial charge is 0.119 e. The summed E-state index contributed by atoms with van der Waals surface area (Å²) in [5, 5.41) is 3.71. The Bertz CT molecular complexity index is 373. The van der Waals surface area contributed by atoms with E-state index in [9.17, 15) is 0 Å². The van der Waals surface area contributed by atoms with Gasteiger partial charge in [0.05, 0.1) is 0 Å². The van der Waals surface area contributed by atoms with Crippen LogP contribution in [0.4, 0.5) is 0 Å². The molecule has 2 nitrogen and oxygen atoms in total. The molecular formula is C17H27NO. The Kier molecular flexibility index (Phi) is 5.26. The van der Waals surface area contributed by atoms with Gasteiger partial charge in [-0.25, -0.2) is 0 Å². The second-order valence-corrected chi connectivity index (χ2v) is 6.16. The van der Waals surface area contributed by atoms with Gasteiger partial charge in [0.2, 0.25) is 0 Å². The number of benzene rings is 1. The highest BCUT2D eigenvalue weighted by molar-refractivity contribution is 5.26. The molecule has 0 spiro atoms. The maximum Gasteiger partial charge on any atom is 0.119 e. The highest BCUT2D eigenvalue weighted by Crippen LogP contribution is 2.23. The fraction of sp³-hybridized carbons (Fsp3) is 0.647. The predicted octanol–water partition coefficient (Wildman–Crippen LogP) is 3.93. The maximum atomic E-state index is 5.83. The predicted molar refractivity (Wildman–Crippen MR) is 80.7 cm³/mol. The zero-order chi connectivity index (χ0) is 13.7. The van der Waals surface area contributed by atoms with E-state index in [-0.39, 0.29) is 0 Å². The summed E-state index contributed by atoms with van der Waals surface area (Å²) in [6, 6.07) is 9.37. The van der Waals surface area contributed by atoms with Gasteiger partial charge in [-0.05, 0) is 44.7 Å². The molecule has 1 aromatic rings. The molecule has 3 atom stereocenters. The highest BCUT2D eigenvalue weighted by Gasteiger charge is 2.20. The first kappa shape index (κ1) is 14.4. The lowest BCUT2D eigenvalue weighted by Crippen LogP contribution is -2.42. The maximum absolute atomic E-state index is 5.83. The molecular weight excluding hydrogens is 234 g/mol. The first-order chi connectivity index (χ1) is 9.13. The molecule has 19 heavy (non-hydrogen) atoms. The molecule has 106 valence electrons. The van der Waals surface area contributed by atoms with Crippen molar-refractivity contribution in [2.45, 2.75) is 58.5 Å². The van der Waals surface area contributed by atoms with E-state index >= 15 is 0 Å². The molecule has 0 amide bonds. The molecule has 1 fully saturated rings. The number of rotatable bonds is 5. The quantitative estimate of drug-likeness (QED) is 0.867. The first-order valence-corrected chi connectivity index (χ1v) is 7.59. The number of ether oxygens (including phenoxy) is 1. The normalized spacial score (nSPS) is 25.0. The summed E-state index contributed by atoms with van der Waals surface area (Å²) in [5.41, 5.74) is 1.27.